The Kier molecular flexibility index (Phi) is 3.20. The molecule has 20 heavy (non-hydrogen) atoms. The zero-order chi connectivity index (χ0) is 13.9. The Hall–Kier alpha value is -2.64. The van der Waals surface area contributed by atoms with E-state index in [-0.39, 0.29) is 5.75 Å². The number of allylic oxidation sites excluding steroid dienone is 1. The summed E-state index contributed by atoms with van der Waals surface area (Å²) < 4.78 is 1.04. The highest BCUT2D eigenvalue weighted by molar-refractivity contribution is 7.19. The van der Waals surface area contributed by atoms with Crippen LogP contribution in [0.2, 0.25) is 0 Å². The lowest BCUT2D eigenvalue weighted by Gasteiger charge is -1.98. The average molecular weight is 278 g/mol. The van der Waals surface area contributed by atoms with Crippen LogP contribution in [0.1, 0.15) is 10.6 Å². The topological polar surface area (TPSA) is 56.9 Å². The third-order valence-electron chi connectivity index (χ3n) is 2.88. The second kappa shape index (κ2) is 5.16. The number of thiazole rings is 1. The summed E-state index contributed by atoms with van der Waals surface area (Å²) in [4.78, 5) is 4.46. The van der Waals surface area contributed by atoms with Gasteiger partial charge in [0, 0.05) is 5.56 Å². The Balaban J connectivity index is 2.10. The van der Waals surface area contributed by atoms with Crippen molar-refractivity contribution in [3.63, 3.8) is 0 Å². The van der Waals surface area contributed by atoms with Crippen molar-refractivity contribution in [2.24, 2.45) is 0 Å². The Morgan fingerprint density at radius 3 is 2.65 bits per heavy atom. The zero-order valence-electron chi connectivity index (χ0n) is 10.4. The molecule has 0 aliphatic carbocycles. The second-order valence-corrected chi connectivity index (χ2v) is 5.25. The number of rotatable bonds is 2. The van der Waals surface area contributed by atoms with Crippen molar-refractivity contribution < 1.29 is 5.11 Å². The molecule has 1 heterocycles. The number of hydrogen-bond acceptors (Lipinski definition) is 4. The molecule has 0 unspecified atom stereocenters. The van der Waals surface area contributed by atoms with Crippen LogP contribution in [0.5, 0.6) is 5.75 Å². The van der Waals surface area contributed by atoms with Crippen molar-refractivity contribution >= 4 is 33.2 Å². The van der Waals surface area contributed by atoms with Gasteiger partial charge >= 0.3 is 0 Å². The predicted octanol–water partition coefficient (Wildman–Crippen LogP) is 4.07. The molecule has 3 aromatic rings. The lowest BCUT2D eigenvalue weighted by atomic mass is 10.1. The van der Waals surface area contributed by atoms with Crippen LogP contribution < -0.4 is 0 Å². The number of aromatic hydroxyl groups is 1. The van der Waals surface area contributed by atoms with Crippen LogP contribution in [0.3, 0.4) is 0 Å². The molecule has 1 aromatic heterocycles. The first-order valence-electron chi connectivity index (χ1n) is 6.03. The number of fused-ring (bicyclic) bond motifs is 1. The molecule has 0 bridgehead atoms. The first kappa shape index (κ1) is 12.4. The summed E-state index contributed by atoms with van der Waals surface area (Å²) in [5.74, 6) is 0.154. The monoisotopic (exact) mass is 278 g/mol. The van der Waals surface area contributed by atoms with Crippen molar-refractivity contribution in [1.82, 2.24) is 4.98 Å². The van der Waals surface area contributed by atoms with Gasteiger partial charge in [-0.2, -0.15) is 5.26 Å². The SMILES string of the molecule is N#CC(=Cc1ccccc1O)c1nc2ccccc2s1. The first-order valence-corrected chi connectivity index (χ1v) is 6.85. The maximum atomic E-state index is 9.77. The number of aromatic nitrogens is 1. The maximum absolute atomic E-state index is 9.77. The summed E-state index contributed by atoms with van der Waals surface area (Å²) in [5, 5.41) is 19.8. The molecule has 4 heteroatoms. The van der Waals surface area contributed by atoms with Crippen molar-refractivity contribution in [2.45, 2.75) is 0 Å². The third kappa shape index (κ3) is 2.27. The fraction of sp³-hybridized carbons (Fsp3) is 0. The first-order chi connectivity index (χ1) is 9.78. The lowest BCUT2D eigenvalue weighted by Crippen LogP contribution is -1.81. The molecule has 3 nitrogen and oxygen atoms in total. The van der Waals surface area contributed by atoms with Crippen LogP contribution >= 0.6 is 11.3 Å². The van der Waals surface area contributed by atoms with Gasteiger partial charge in [0.1, 0.15) is 16.8 Å². The van der Waals surface area contributed by atoms with E-state index in [9.17, 15) is 10.4 Å². The van der Waals surface area contributed by atoms with Gasteiger partial charge in [-0.05, 0) is 24.3 Å². The van der Waals surface area contributed by atoms with E-state index < -0.39 is 0 Å². The number of nitriles is 1. The fourth-order valence-electron chi connectivity index (χ4n) is 1.89. The summed E-state index contributed by atoms with van der Waals surface area (Å²) in [5.41, 5.74) is 1.95. The summed E-state index contributed by atoms with van der Waals surface area (Å²) in [7, 11) is 0. The normalized spacial score (nSPS) is 11.4. The summed E-state index contributed by atoms with van der Waals surface area (Å²) in [6, 6.07) is 16.8. The standard InChI is InChI=1S/C16H10N2OS/c17-10-12(9-11-5-1-3-7-14(11)19)16-18-13-6-2-4-8-15(13)20-16/h1-9,19H. The third-order valence-corrected chi connectivity index (χ3v) is 3.95. The number of para-hydroxylation sites is 2. The van der Waals surface area contributed by atoms with Crippen molar-refractivity contribution in [3.05, 3.63) is 59.1 Å². The molecule has 0 amide bonds. The second-order valence-electron chi connectivity index (χ2n) is 4.22. The van der Waals surface area contributed by atoms with E-state index in [0.717, 1.165) is 10.2 Å². The Morgan fingerprint density at radius 2 is 1.90 bits per heavy atom. The van der Waals surface area contributed by atoms with E-state index in [2.05, 4.69) is 11.1 Å². The van der Waals surface area contributed by atoms with Crippen LogP contribution in [-0.2, 0) is 0 Å². The lowest BCUT2D eigenvalue weighted by molar-refractivity contribution is 0.474. The molecular weight excluding hydrogens is 268 g/mol. The molecule has 0 aliphatic heterocycles. The van der Waals surface area contributed by atoms with Crippen LogP contribution in [0, 0.1) is 11.3 Å². The highest BCUT2D eigenvalue weighted by Crippen LogP contribution is 2.29. The smallest absolute Gasteiger partial charge is 0.135 e. The van der Waals surface area contributed by atoms with E-state index >= 15 is 0 Å². The summed E-state index contributed by atoms with van der Waals surface area (Å²) >= 11 is 1.47. The summed E-state index contributed by atoms with van der Waals surface area (Å²) in [6.07, 6.45) is 1.66. The minimum atomic E-state index is 0.154. The van der Waals surface area contributed by atoms with Crippen molar-refractivity contribution in [3.8, 4) is 11.8 Å². The van der Waals surface area contributed by atoms with Gasteiger partial charge < -0.3 is 5.11 Å². The minimum Gasteiger partial charge on any atom is -0.507 e. The predicted molar refractivity (Wildman–Crippen MR) is 81.2 cm³/mol. The van der Waals surface area contributed by atoms with Crippen LogP contribution in [0.25, 0.3) is 21.9 Å². The molecule has 2 aromatic carbocycles. The number of phenols is 1. The Labute approximate surface area is 120 Å². The van der Waals surface area contributed by atoms with Crippen molar-refractivity contribution in [1.29, 1.82) is 5.26 Å². The van der Waals surface area contributed by atoms with E-state index in [0.29, 0.717) is 16.1 Å². The maximum Gasteiger partial charge on any atom is 0.135 e. The highest BCUT2D eigenvalue weighted by atomic mass is 32.1. The zero-order valence-corrected chi connectivity index (χ0v) is 11.3. The largest absolute Gasteiger partial charge is 0.507 e. The van der Waals surface area contributed by atoms with Crippen LogP contribution in [0.4, 0.5) is 0 Å². The molecule has 0 atom stereocenters. The van der Waals surface area contributed by atoms with Crippen LogP contribution in [-0.4, -0.2) is 10.1 Å². The number of phenolic OH excluding ortho intramolecular Hbond substituents is 1. The van der Waals surface area contributed by atoms with E-state index in [1.165, 1.54) is 11.3 Å². The quantitative estimate of drug-likeness (QED) is 0.719. The van der Waals surface area contributed by atoms with Gasteiger partial charge in [-0.15, -0.1) is 11.3 Å². The van der Waals surface area contributed by atoms with Gasteiger partial charge in [-0.25, -0.2) is 4.98 Å². The van der Waals surface area contributed by atoms with E-state index in [1.807, 2.05) is 30.3 Å². The summed E-state index contributed by atoms with van der Waals surface area (Å²) in [6.45, 7) is 0. The van der Waals surface area contributed by atoms with Gasteiger partial charge in [0.15, 0.2) is 0 Å². The molecule has 0 radical (unpaired) electrons. The molecule has 0 saturated carbocycles. The molecule has 0 spiro atoms. The van der Waals surface area contributed by atoms with E-state index in [4.69, 9.17) is 0 Å². The average Bonchev–Trinajstić information content (AvgIpc) is 2.90. The molecule has 0 saturated heterocycles. The number of hydrogen-bond donors (Lipinski definition) is 1. The molecule has 3 rings (SSSR count). The van der Waals surface area contributed by atoms with Gasteiger partial charge in [0.25, 0.3) is 0 Å². The van der Waals surface area contributed by atoms with Crippen molar-refractivity contribution in [2.75, 3.05) is 0 Å². The Bertz CT molecular complexity index is 810. The van der Waals surface area contributed by atoms with E-state index in [1.54, 1.807) is 24.3 Å². The minimum absolute atomic E-state index is 0.154. The fourth-order valence-corrected chi connectivity index (χ4v) is 2.83. The molecule has 96 valence electrons. The molecular formula is C16H10N2OS. The van der Waals surface area contributed by atoms with Gasteiger partial charge in [-0.3, -0.25) is 0 Å². The van der Waals surface area contributed by atoms with Gasteiger partial charge in [-0.1, -0.05) is 30.3 Å². The Morgan fingerprint density at radius 1 is 1.15 bits per heavy atom. The van der Waals surface area contributed by atoms with Gasteiger partial charge in [0.05, 0.1) is 15.8 Å². The van der Waals surface area contributed by atoms with Gasteiger partial charge in [0.2, 0.25) is 0 Å². The molecule has 1 N–H and O–H groups in total. The molecule has 0 fully saturated rings. The highest BCUT2D eigenvalue weighted by Gasteiger charge is 2.09. The number of nitrogens with zero attached hydrogens (tertiary/aromatic N) is 2. The molecule has 0 aliphatic rings. The number of benzene rings is 2. The van der Waals surface area contributed by atoms with Crippen LogP contribution in [0.15, 0.2) is 48.5 Å².